The first-order valence-electron chi connectivity index (χ1n) is 6.01. The maximum absolute atomic E-state index is 13.7. The van der Waals surface area contributed by atoms with Gasteiger partial charge in [-0.2, -0.15) is 18.3 Å². The zero-order valence-electron chi connectivity index (χ0n) is 10.7. The van der Waals surface area contributed by atoms with Gasteiger partial charge in [0.2, 0.25) is 0 Å². The number of rotatable bonds is 4. The Hall–Kier alpha value is -2.38. The van der Waals surface area contributed by atoms with E-state index < -0.39 is 30.9 Å². The summed E-state index contributed by atoms with van der Waals surface area (Å²) in [4.78, 5) is 11.8. The average Bonchev–Trinajstić information content (AvgIpc) is 2.86. The summed E-state index contributed by atoms with van der Waals surface area (Å²) in [5, 5.41) is 8.25. The fourth-order valence-electron chi connectivity index (χ4n) is 1.74. The molecule has 1 aromatic heterocycles. The molecule has 1 heterocycles. The van der Waals surface area contributed by atoms with Gasteiger partial charge >= 0.3 is 6.18 Å². The van der Waals surface area contributed by atoms with Crippen LogP contribution in [0.4, 0.5) is 17.6 Å². The number of nitrogens with one attached hydrogen (secondary N) is 2. The number of aromatic amines is 1. The van der Waals surface area contributed by atoms with Crippen LogP contribution in [0.15, 0.2) is 30.5 Å². The van der Waals surface area contributed by atoms with Crippen LogP contribution in [0.2, 0.25) is 0 Å². The average molecular weight is 301 g/mol. The summed E-state index contributed by atoms with van der Waals surface area (Å²) in [6.45, 7) is -0.551. The largest absolute Gasteiger partial charge is 0.390 e. The highest BCUT2D eigenvalue weighted by Crippen LogP contribution is 2.24. The quantitative estimate of drug-likeness (QED) is 0.853. The summed E-state index contributed by atoms with van der Waals surface area (Å²) in [7, 11) is 0. The second-order valence-electron chi connectivity index (χ2n) is 4.26. The molecule has 2 aromatic rings. The van der Waals surface area contributed by atoms with Crippen molar-refractivity contribution in [3.63, 3.8) is 0 Å². The van der Waals surface area contributed by atoms with Gasteiger partial charge < -0.3 is 5.32 Å². The number of nitrogens with zero attached hydrogens (tertiary/aromatic N) is 1. The third-order valence-corrected chi connectivity index (χ3v) is 2.72. The van der Waals surface area contributed by atoms with Crippen molar-refractivity contribution in [1.29, 1.82) is 0 Å². The number of carbonyl (C=O) groups excluding carboxylic acids is 1. The predicted octanol–water partition coefficient (Wildman–Crippen LogP) is 2.90. The molecule has 0 bridgehead atoms. The lowest BCUT2D eigenvalue weighted by Gasteiger charge is -2.08. The van der Waals surface area contributed by atoms with Gasteiger partial charge in [-0.15, -0.1) is 0 Å². The van der Waals surface area contributed by atoms with Crippen molar-refractivity contribution in [1.82, 2.24) is 15.5 Å². The summed E-state index contributed by atoms with van der Waals surface area (Å²) < 4.78 is 49.8. The van der Waals surface area contributed by atoms with Crippen molar-refractivity contribution in [3.05, 3.63) is 41.8 Å². The van der Waals surface area contributed by atoms with Crippen LogP contribution in [0.1, 0.15) is 16.8 Å². The van der Waals surface area contributed by atoms with Crippen LogP contribution in [0.25, 0.3) is 11.3 Å². The second-order valence-corrected chi connectivity index (χ2v) is 4.26. The summed E-state index contributed by atoms with van der Waals surface area (Å²) in [5.74, 6) is -1.31. The normalized spacial score (nSPS) is 11.4. The lowest BCUT2D eigenvalue weighted by molar-refractivity contribution is -0.132. The van der Waals surface area contributed by atoms with Gasteiger partial charge in [0.15, 0.2) is 0 Å². The van der Waals surface area contributed by atoms with Crippen molar-refractivity contribution >= 4 is 5.91 Å². The molecular formula is C13H11F4N3O. The highest BCUT2D eigenvalue weighted by atomic mass is 19.4. The zero-order chi connectivity index (χ0) is 15.5. The van der Waals surface area contributed by atoms with E-state index in [0.29, 0.717) is 0 Å². The minimum Gasteiger partial charge on any atom is -0.352 e. The number of hydrogen-bond acceptors (Lipinski definition) is 2. The first kappa shape index (κ1) is 15.0. The van der Waals surface area contributed by atoms with Gasteiger partial charge in [0.05, 0.1) is 23.9 Å². The third kappa shape index (κ3) is 3.80. The number of benzene rings is 1. The molecule has 2 rings (SSSR count). The van der Waals surface area contributed by atoms with Crippen LogP contribution in [0.3, 0.4) is 0 Å². The second kappa shape index (κ2) is 5.94. The molecule has 0 aliphatic rings. The number of amides is 1. The van der Waals surface area contributed by atoms with Crippen molar-refractivity contribution in [2.45, 2.75) is 12.6 Å². The van der Waals surface area contributed by atoms with E-state index in [0.717, 1.165) is 6.20 Å². The number of alkyl halides is 3. The topological polar surface area (TPSA) is 57.8 Å². The van der Waals surface area contributed by atoms with Crippen LogP contribution >= 0.6 is 0 Å². The highest BCUT2D eigenvalue weighted by molar-refractivity contribution is 5.99. The molecular weight excluding hydrogens is 290 g/mol. The molecule has 112 valence electrons. The lowest BCUT2D eigenvalue weighted by atomic mass is 10.1. The van der Waals surface area contributed by atoms with Crippen molar-refractivity contribution < 1.29 is 22.4 Å². The van der Waals surface area contributed by atoms with E-state index in [9.17, 15) is 22.4 Å². The van der Waals surface area contributed by atoms with Gasteiger partial charge in [-0.05, 0) is 12.1 Å². The minimum atomic E-state index is -4.35. The Labute approximate surface area is 117 Å². The molecule has 0 fully saturated rings. The summed E-state index contributed by atoms with van der Waals surface area (Å²) in [6, 6.07) is 5.71. The molecule has 0 unspecified atom stereocenters. The number of aromatic nitrogens is 2. The van der Waals surface area contributed by atoms with Gasteiger partial charge in [0, 0.05) is 12.1 Å². The Morgan fingerprint density at radius 1 is 1.29 bits per heavy atom. The zero-order valence-corrected chi connectivity index (χ0v) is 10.7. The van der Waals surface area contributed by atoms with Crippen LogP contribution in [-0.4, -0.2) is 28.8 Å². The van der Waals surface area contributed by atoms with Crippen molar-refractivity contribution in [2.24, 2.45) is 0 Å². The molecule has 0 aliphatic heterocycles. The SMILES string of the molecule is O=C(NCCC(F)(F)F)c1cn[nH]c1-c1ccccc1F. The molecule has 1 amide bonds. The lowest BCUT2D eigenvalue weighted by Crippen LogP contribution is -2.28. The molecule has 8 heteroatoms. The standard InChI is InChI=1S/C13H11F4N3O/c14-10-4-2-1-3-8(10)11-9(7-19-20-11)12(21)18-6-5-13(15,16)17/h1-4,7H,5-6H2,(H,18,21)(H,19,20). The Morgan fingerprint density at radius 2 is 2.00 bits per heavy atom. The summed E-state index contributed by atoms with van der Waals surface area (Å²) >= 11 is 0. The highest BCUT2D eigenvalue weighted by Gasteiger charge is 2.27. The van der Waals surface area contributed by atoms with Gasteiger partial charge in [0.25, 0.3) is 5.91 Å². The predicted molar refractivity (Wildman–Crippen MR) is 67.0 cm³/mol. The first-order chi connectivity index (χ1) is 9.88. The maximum Gasteiger partial charge on any atom is 0.390 e. The van der Waals surface area contributed by atoms with E-state index in [1.807, 2.05) is 0 Å². The molecule has 4 nitrogen and oxygen atoms in total. The number of carbonyl (C=O) groups is 1. The van der Waals surface area contributed by atoms with Crippen LogP contribution in [-0.2, 0) is 0 Å². The van der Waals surface area contributed by atoms with Gasteiger partial charge in [0.1, 0.15) is 5.82 Å². The van der Waals surface area contributed by atoms with Crippen LogP contribution in [0.5, 0.6) is 0 Å². The summed E-state index contributed by atoms with van der Waals surface area (Å²) in [5.41, 5.74) is 0.232. The Kier molecular flexibility index (Phi) is 4.25. The van der Waals surface area contributed by atoms with Gasteiger partial charge in [-0.3, -0.25) is 9.89 Å². The van der Waals surface area contributed by atoms with Gasteiger partial charge in [-0.1, -0.05) is 12.1 Å². The van der Waals surface area contributed by atoms with Gasteiger partial charge in [-0.25, -0.2) is 4.39 Å². The van der Waals surface area contributed by atoms with E-state index in [1.165, 1.54) is 18.2 Å². The Bertz CT molecular complexity index is 636. The van der Waals surface area contributed by atoms with E-state index in [1.54, 1.807) is 6.07 Å². The van der Waals surface area contributed by atoms with Crippen LogP contribution in [0, 0.1) is 5.82 Å². The monoisotopic (exact) mass is 301 g/mol. The molecule has 0 saturated carbocycles. The fraction of sp³-hybridized carbons (Fsp3) is 0.231. The Balaban J connectivity index is 2.14. The van der Waals surface area contributed by atoms with Crippen molar-refractivity contribution in [2.75, 3.05) is 6.54 Å². The number of halogens is 4. The summed E-state index contributed by atoms with van der Waals surface area (Å²) in [6.07, 6.45) is -4.34. The van der Waals surface area contributed by atoms with Crippen molar-refractivity contribution in [3.8, 4) is 11.3 Å². The molecule has 0 saturated heterocycles. The van der Waals surface area contributed by atoms with E-state index in [-0.39, 0.29) is 16.8 Å². The first-order valence-corrected chi connectivity index (χ1v) is 6.01. The molecule has 0 atom stereocenters. The molecule has 0 spiro atoms. The molecule has 0 aliphatic carbocycles. The Morgan fingerprint density at radius 3 is 2.67 bits per heavy atom. The fourth-order valence-corrected chi connectivity index (χ4v) is 1.74. The molecule has 2 N–H and O–H groups in total. The minimum absolute atomic E-state index is 0.0118. The van der Waals surface area contributed by atoms with Crippen LogP contribution < -0.4 is 5.32 Å². The number of hydrogen-bond donors (Lipinski definition) is 2. The van der Waals surface area contributed by atoms with E-state index >= 15 is 0 Å². The number of H-pyrrole nitrogens is 1. The maximum atomic E-state index is 13.7. The smallest absolute Gasteiger partial charge is 0.352 e. The molecule has 0 radical (unpaired) electrons. The van der Waals surface area contributed by atoms with E-state index in [4.69, 9.17) is 0 Å². The molecule has 21 heavy (non-hydrogen) atoms. The third-order valence-electron chi connectivity index (χ3n) is 2.72. The van der Waals surface area contributed by atoms with E-state index in [2.05, 4.69) is 15.5 Å². The molecule has 1 aromatic carbocycles.